The van der Waals surface area contributed by atoms with E-state index in [9.17, 15) is 4.79 Å². The third kappa shape index (κ3) is 4.44. The van der Waals surface area contributed by atoms with Gasteiger partial charge in [0.15, 0.2) is 5.13 Å². The van der Waals surface area contributed by atoms with E-state index in [-0.39, 0.29) is 6.03 Å². The molecule has 26 heavy (non-hydrogen) atoms. The van der Waals surface area contributed by atoms with Crippen LogP contribution in [0.2, 0.25) is 5.02 Å². The molecule has 0 radical (unpaired) electrons. The molecule has 1 heterocycles. The van der Waals surface area contributed by atoms with Gasteiger partial charge in [-0.15, -0.1) is 11.3 Å². The molecule has 7 heteroatoms. The van der Waals surface area contributed by atoms with Gasteiger partial charge in [-0.2, -0.15) is 0 Å². The van der Waals surface area contributed by atoms with Gasteiger partial charge in [0.2, 0.25) is 0 Å². The highest BCUT2D eigenvalue weighted by molar-refractivity contribution is 9.10. The van der Waals surface area contributed by atoms with Crippen LogP contribution in [-0.4, -0.2) is 17.6 Å². The number of hydrogen-bond acceptors (Lipinski definition) is 3. The topological polar surface area (TPSA) is 45.2 Å². The van der Waals surface area contributed by atoms with E-state index in [1.807, 2.05) is 48.7 Å². The predicted molar refractivity (Wildman–Crippen MR) is 113 cm³/mol. The van der Waals surface area contributed by atoms with Crippen LogP contribution in [0.1, 0.15) is 13.3 Å². The highest BCUT2D eigenvalue weighted by Crippen LogP contribution is 2.30. The van der Waals surface area contributed by atoms with Crippen LogP contribution < -0.4 is 10.2 Å². The van der Waals surface area contributed by atoms with Crippen LogP contribution in [0, 0.1) is 0 Å². The third-order valence-electron chi connectivity index (χ3n) is 3.65. The van der Waals surface area contributed by atoms with E-state index in [0.29, 0.717) is 22.4 Å². The number of nitrogens with zero attached hydrogens (tertiary/aromatic N) is 2. The van der Waals surface area contributed by atoms with Crippen molar-refractivity contribution in [2.75, 3.05) is 16.8 Å². The summed E-state index contributed by atoms with van der Waals surface area (Å²) < 4.78 is 0.992. The van der Waals surface area contributed by atoms with E-state index in [2.05, 4.69) is 26.2 Å². The van der Waals surface area contributed by atoms with Crippen LogP contribution >= 0.6 is 38.9 Å². The highest BCUT2D eigenvalue weighted by Gasteiger charge is 2.19. The predicted octanol–water partition coefficient (Wildman–Crippen LogP) is 6.67. The van der Waals surface area contributed by atoms with Crippen molar-refractivity contribution in [1.82, 2.24) is 4.98 Å². The quantitative estimate of drug-likeness (QED) is 0.471. The van der Waals surface area contributed by atoms with Crippen molar-refractivity contribution in [2.24, 2.45) is 0 Å². The molecule has 2 aromatic carbocycles. The summed E-state index contributed by atoms with van der Waals surface area (Å²) in [6.45, 7) is 2.60. The number of benzene rings is 2. The summed E-state index contributed by atoms with van der Waals surface area (Å²) in [5, 5.41) is 5.99. The summed E-state index contributed by atoms with van der Waals surface area (Å²) in [5.41, 5.74) is 2.44. The average Bonchev–Trinajstić information content (AvgIpc) is 3.11. The Labute approximate surface area is 170 Å². The fourth-order valence-corrected chi connectivity index (χ4v) is 3.86. The molecule has 3 aromatic rings. The van der Waals surface area contributed by atoms with Crippen molar-refractivity contribution in [3.63, 3.8) is 0 Å². The number of halogens is 2. The summed E-state index contributed by atoms with van der Waals surface area (Å²) in [5.74, 6) is 0. The smallest absolute Gasteiger partial charge is 0.306 e. The molecular weight excluding hydrogens is 434 g/mol. The maximum absolute atomic E-state index is 12.8. The Hall–Kier alpha value is -1.89. The lowest BCUT2D eigenvalue weighted by Crippen LogP contribution is -2.35. The van der Waals surface area contributed by atoms with E-state index < -0.39 is 0 Å². The average molecular weight is 451 g/mol. The van der Waals surface area contributed by atoms with Crippen molar-refractivity contribution in [3.8, 4) is 11.3 Å². The Kier molecular flexibility index (Phi) is 6.29. The lowest BCUT2D eigenvalue weighted by Gasteiger charge is -2.20. The van der Waals surface area contributed by atoms with Gasteiger partial charge >= 0.3 is 6.03 Å². The van der Waals surface area contributed by atoms with Crippen molar-refractivity contribution in [1.29, 1.82) is 0 Å². The molecule has 0 unspecified atom stereocenters. The molecule has 0 atom stereocenters. The van der Waals surface area contributed by atoms with Gasteiger partial charge in [-0.1, -0.05) is 58.7 Å². The molecule has 0 aliphatic heterocycles. The molecule has 134 valence electrons. The molecule has 3 rings (SSSR count). The van der Waals surface area contributed by atoms with Gasteiger partial charge in [-0.3, -0.25) is 4.90 Å². The van der Waals surface area contributed by atoms with Crippen LogP contribution in [0.3, 0.4) is 0 Å². The molecule has 0 bridgehead atoms. The molecule has 2 amide bonds. The number of rotatable bonds is 5. The summed E-state index contributed by atoms with van der Waals surface area (Å²) in [6.07, 6.45) is 0.821. The summed E-state index contributed by atoms with van der Waals surface area (Å²) in [6, 6.07) is 14.9. The second-order valence-corrected chi connectivity index (χ2v) is 7.75. The molecule has 0 saturated carbocycles. The van der Waals surface area contributed by atoms with Crippen LogP contribution in [0.15, 0.2) is 58.4 Å². The van der Waals surface area contributed by atoms with Gasteiger partial charge in [0.1, 0.15) is 0 Å². The number of aromatic nitrogens is 1. The van der Waals surface area contributed by atoms with Crippen molar-refractivity contribution in [3.05, 3.63) is 63.4 Å². The van der Waals surface area contributed by atoms with Gasteiger partial charge in [-0.25, -0.2) is 9.78 Å². The molecular formula is C19H17BrClN3OS. The Balaban J connectivity index is 1.84. The molecule has 1 N–H and O–H groups in total. The number of para-hydroxylation sites is 1. The first kappa shape index (κ1) is 18.9. The second-order valence-electron chi connectivity index (χ2n) is 5.59. The van der Waals surface area contributed by atoms with E-state index in [0.717, 1.165) is 22.2 Å². The van der Waals surface area contributed by atoms with Crippen LogP contribution in [0.25, 0.3) is 11.3 Å². The summed E-state index contributed by atoms with van der Waals surface area (Å²) in [7, 11) is 0. The Bertz CT molecular complexity index is 915. The van der Waals surface area contributed by atoms with E-state index >= 15 is 0 Å². The van der Waals surface area contributed by atoms with Crippen LogP contribution in [-0.2, 0) is 0 Å². The number of hydrogen-bond donors (Lipinski definition) is 1. The largest absolute Gasteiger partial charge is 0.328 e. The minimum atomic E-state index is -0.241. The van der Waals surface area contributed by atoms with E-state index in [4.69, 9.17) is 11.6 Å². The number of amides is 2. The normalized spacial score (nSPS) is 10.6. The lowest BCUT2D eigenvalue weighted by atomic mass is 10.2. The van der Waals surface area contributed by atoms with Gasteiger partial charge in [0.05, 0.1) is 16.4 Å². The third-order valence-corrected chi connectivity index (χ3v) is 5.34. The first-order valence-corrected chi connectivity index (χ1v) is 10.2. The van der Waals surface area contributed by atoms with Gasteiger partial charge in [0, 0.05) is 22.0 Å². The maximum Gasteiger partial charge on any atom is 0.328 e. The lowest BCUT2D eigenvalue weighted by molar-refractivity contribution is 0.257. The Morgan fingerprint density at radius 2 is 2.08 bits per heavy atom. The molecule has 0 saturated heterocycles. The van der Waals surface area contributed by atoms with Gasteiger partial charge < -0.3 is 5.32 Å². The summed E-state index contributed by atoms with van der Waals surface area (Å²) >= 11 is 11.1. The van der Waals surface area contributed by atoms with Gasteiger partial charge in [0.25, 0.3) is 0 Å². The summed E-state index contributed by atoms with van der Waals surface area (Å²) in [4.78, 5) is 19.1. The molecule has 0 aliphatic carbocycles. The number of thiazole rings is 1. The molecule has 0 fully saturated rings. The fourth-order valence-electron chi connectivity index (χ4n) is 2.42. The minimum Gasteiger partial charge on any atom is -0.306 e. The zero-order valence-electron chi connectivity index (χ0n) is 14.1. The highest BCUT2D eigenvalue weighted by atomic mass is 79.9. The first-order chi connectivity index (χ1) is 12.6. The number of anilines is 2. The van der Waals surface area contributed by atoms with Crippen molar-refractivity contribution >= 4 is 55.7 Å². The zero-order valence-corrected chi connectivity index (χ0v) is 17.2. The van der Waals surface area contributed by atoms with E-state index in [1.54, 1.807) is 17.0 Å². The molecule has 1 aromatic heterocycles. The standard InChI is InChI=1S/C19H17BrClN3OS/c1-2-10-24(18(25)22-16-9-4-3-8-15(16)21)19-23-17(12-26-19)13-6-5-7-14(20)11-13/h3-9,11-12H,2,10H2,1H3,(H,22,25). The number of carbonyl (C=O) groups excluding carboxylic acids is 1. The molecule has 4 nitrogen and oxygen atoms in total. The zero-order chi connectivity index (χ0) is 18.5. The van der Waals surface area contributed by atoms with E-state index in [1.165, 1.54) is 11.3 Å². The minimum absolute atomic E-state index is 0.241. The monoisotopic (exact) mass is 449 g/mol. The second kappa shape index (κ2) is 8.66. The molecule has 0 spiro atoms. The number of nitrogens with one attached hydrogen (secondary N) is 1. The van der Waals surface area contributed by atoms with Gasteiger partial charge in [-0.05, 0) is 30.7 Å². The Morgan fingerprint density at radius 3 is 2.81 bits per heavy atom. The number of carbonyl (C=O) groups is 1. The Morgan fingerprint density at radius 1 is 1.27 bits per heavy atom. The maximum atomic E-state index is 12.8. The van der Waals surface area contributed by atoms with Crippen LogP contribution in [0.5, 0.6) is 0 Å². The molecule has 0 aliphatic rings. The van der Waals surface area contributed by atoms with Crippen molar-refractivity contribution < 1.29 is 4.79 Å². The number of urea groups is 1. The first-order valence-electron chi connectivity index (χ1n) is 8.13. The van der Waals surface area contributed by atoms with Crippen LogP contribution in [0.4, 0.5) is 15.6 Å². The SMILES string of the molecule is CCCN(C(=O)Nc1ccccc1Cl)c1nc(-c2cccc(Br)c2)cs1. The fraction of sp³-hybridized carbons (Fsp3) is 0.158. The van der Waals surface area contributed by atoms with Crippen molar-refractivity contribution in [2.45, 2.75) is 13.3 Å².